The second kappa shape index (κ2) is 6.21. The standard InChI is InChI=1S/C15H26N2O/c1-6-17(15(2,3)4)14(11-16)12-8-7-9-13(10-12)18-5/h7-10,14H,6,11,16H2,1-5H3. The number of hydrogen-bond donors (Lipinski definition) is 1. The molecule has 0 amide bonds. The Morgan fingerprint density at radius 1 is 1.33 bits per heavy atom. The van der Waals surface area contributed by atoms with Gasteiger partial charge in [0.25, 0.3) is 0 Å². The average molecular weight is 250 g/mol. The molecule has 1 atom stereocenters. The number of nitrogens with two attached hydrogens (primary N) is 1. The lowest BCUT2D eigenvalue weighted by molar-refractivity contribution is 0.0918. The van der Waals surface area contributed by atoms with Crippen molar-refractivity contribution < 1.29 is 4.74 Å². The van der Waals surface area contributed by atoms with Crippen LogP contribution in [0.2, 0.25) is 0 Å². The fraction of sp³-hybridized carbons (Fsp3) is 0.600. The van der Waals surface area contributed by atoms with Gasteiger partial charge in [-0.1, -0.05) is 19.1 Å². The van der Waals surface area contributed by atoms with E-state index in [4.69, 9.17) is 10.5 Å². The van der Waals surface area contributed by atoms with Crippen LogP contribution in [0.1, 0.15) is 39.3 Å². The van der Waals surface area contributed by atoms with E-state index in [1.807, 2.05) is 12.1 Å². The lowest BCUT2D eigenvalue weighted by atomic mass is 9.97. The Balaban J connectivity index is 3.07. The van der Waals surface area contributed by atoms with Crippen molar-refractivity contribution in [1.29, 1.82) is 0 Å². The summed E-state index contributed by atoms with van der Waals surface area (Å²) in [4.78, 5) is 2.42. The van der Waals surface area contributed by atoms with Crippen molar-refractivity contribution in [2.75, 3.05) is 20.2 Å². The maximum absolute atomic E-state index is 5.99. The zero-order chi connectivity index (χ0) is 13.8. The van der Waals surface area contributed by atoms with Crippen molar-refractivity contribution in [3.63, 3.8) is 0 Å². The van der Waals surface area contributed by atoms with E-state index >= 15 is 0 Å². The van der Waals surface area contributed by atoms with Gasteiger partial charge in [-0.05, 0) is 45.0 Å². The molecule has 0 radical (unpaired) electrons. The van der Waals surface area contributed by atoms with Crippen LogP contribution in [0, 0.1) is 0 Å². The molecule has 0 fully saturated rings. The molecule has 1 aromatic carbocycles. The summed E-state index contributed by atoms with van der Waals surface area (Å²) in [6.07, 6.45) is 0. The zero-order valence-corrected chi connectivity index (χ0v) is 12.2. The fourth-order valence-electron chi connectivity index (χ4n) is 2.45. The van der Waals surface area contributed by atoms with Crippen LogP contribution in [0.25, 0.3) is 0 Å². The van der Waals surface area contributed by atoms with E-state index in [0.717, 1.165) is 12.3 Å². The van der Waals surface area contributed by atoms with Gasteiger partial charge in [0.05, 0.1) is 7.11 Å². The second-order valence-electron chi connectivity index (χ2n) is 5.48. The molecule has 18 heavy (non-hydrogen) atoms. The van der Waals surface area contributed by atoms with Gasteiger partial charge in [-0.3, -0.25) is 4.90 Å². The van der Waals surface area contributed by atoms with Gasteiger partial charge >= 0.3 is 0 Å². The predicted octanol–water partition coefficient (Wildman–Crippen LogP) is 2.82. The molecule has 1 aromatic rings. The molecule has 0 aliphatic rings. The monoisotopic (exact) mass is 250 g/mol. The highest BCUT2D eigenvalue weighted by molar-refractivity contribution is 5.31. The molecule has 1 unspecified atom stereocenters. The summed E-state index contributed by atoms with van der Waals surface area (Å²) >= 11 is 0. The fourth-order valence-corrected chi connectivity index (χ4v) is 2.45. The molecule has 2 N–H and O–H groups in total. The summed E-state index contributed by atoms with van der Waals surface area (Å²) in [5.74, 6) is 0.885. The zero-order valence-electron chi connectivity index (χ0n) is 12.2. The number of hydrogen-bond acceptors (Lipinski definition) is 3. The number of ether oxygens (including phenoxy) is 1. The smallest absolute Gasteiger partial charge is 0.119 e. The third kappa shape index (κ3) is 3.47. The van der Waals surface area contributed by atoms with Gasteiger partial charge in [0.2, 0.25) is 0 Å². The number of likely N-dealkylation sites (N-methyl/N-ethyl adjacent to an activating group) is 1. The van der Waals surface area contributed by atoms with E-state index in [9.17, 15) is 0 Å². The first-order chi connectivity index (χ1) is 8.43. The van der Waals surface area contributed by atoms with Crippen LogP contribution >= 0.6 is 0 Å². The molecule has 3 nitrogen and oxygen atoms in total. The van der Waals surface area contributed by atoms with Crippen molar-refractivity contribution in [3.8, 4) is 5.75 Å². The molecular weight excluding hydrogens is 224 g/mol. The summed E-state index contributed by atoms with van der Waals surface area (Å²) in [5.41, 5.74) is 7.30. The first-order valence-electron chi connectivity index (χ1n) is 6.54. The minimum Gasteiger partial charge on any atom is -0.497 e. The van der Waals surface area contributed by atoms with E-state index in [2.05, 4.69) is 44.7 Å². The molecule has 0 aliphatic heterocycles. The molecule has 0 aliphatic carbocycles. The Hall–Kier alpha value is -1.06. The Morgan fingerprint density at radius 3 is 2.44 bits per heavy atom. The first-order valence-corrected chi connectivity index (χ1v) is 6.54. The Morgan fingerprint density at radius 2 is 2.00 bits per heavy atom. The molecule has 0 saturated carbocycles. The number of nitrogens with zero attached hydrogens (tertiary/aromatic N) is 1. The Labute approximate surface area is 111 Å². The van der Waals surface area contributed by atoms with Crippen molar-refractivity contribution in [2.45, 2.75) is 39.3 Å². The molecule has 0 spiro atoms. The molecule has 1 rings (SSSR count). The molecule has 0 heterocycles. The summed E-state index contributed by atoms with van der Waals surface area (Å²) in [6, 6.07) is 8.41. The number of rotatable bonds is 5. The summed E-state index contributed by atoms with van der Waals surface area (Å²) in [6.45, 7) is 10.4. The van der Waals surface area contributed by atoms with Gasteiger partial charge in [0, 0.05) is 18.1 Å². The molecule has 0 saturated heterocycles. The highest BCUT2D eigenvalue weighted by Gasteiger charge is 2.27. The third-order valence-corrected chi connectivity index (χ3v) is 3.28. The Kier molecular flexibility index (Phi) is 5.17. The van der Waals surface area contributed by atoms with Crippen LogP contribution in [0.5, 0.6) is 5.75 Å². The van der Waals surface area contributed by atoms with Crippen LogP contribution in [0.4, 0.5) is 0 Å². The highest BCUT2D eigenvalue weighted by atomic mass is 16.5. The van der Waals surface area contributed by atoms with E-state index in [-0.39, 0.29) is 11.6 Å². The third-order valence-electron chi connectivity index (χ3n) is 3.28. The topological polar surface area (TPSA) is 38.5 Å². The maximum Gasteiger partial charge on any atom is 0.119 e. The summed E-state index contributed by atoms with van der Waals surface area (Å²) in [5, 5.41) is 0. The lowest BCUT2D eigenvalue weighted by Gasteiger charge is -2.41. The quantitative estimate of drug-likeness (QED) is 0.873. The van der Waals surface area contributed by atoms with E-state index < -0.39 is 0 Å². The van der Waals surface area contributed by atoms with E-state index in [1.54, 1.807) is 7.11 Å². The Bertz CT molecular complexity index is 371. The van der Waals surface area contributed by atoms with Gasteiger partial charge in [0.1, 0.15) is 5.75 Å². The van der Waals surface area contributed by atoms with Gasteiger partial charge in [-0.25, -0.2) is 0 Å². The van der Waals surface area contributed by atoms with Crippen molar-refractivity contribution >= 4 is 0 Å². The largest absolute Gasteiger partial charge is 0.497 e. The normalized spacial score (nSPS) is 13.7. The van der Waals surface area contributed by atoms with Crippen molar-refractivity contribution in [3.05, 3.63) is 29.8 Å². The molecule has 0 bridgehead atoms. The minimum atomic E-state index is 0.0991. The van der Waals surface area contributed by atoms with Crippen molar-refractivity contribution in [1.82, 2.24) is 4.90 Å². The van der Waals surface area contributed by atoms with E-state index in [0.29, 0.717) is 6.54 Å². The van der Waals surface area contributed by atoms with Gasteiger partial charge in [0.15, 0.2) is 0 Å². The van der Waals surface area contributed by atoms with E-state index in [1.165, 1.54) is 5.56 Å². The molecule has 3 heteroatoms. The van der Waals surface area contributed by atoms with Gasteiger partial charge < -0.3 is 10.5 Å². The van der Waals surface area contributed by atoms with Gasteiger partial charge in [-0.2, -0.15) is 0 Å². The number of benzene rings is 1. The van der Waals surface area contributed by atoms with Crippen LogP contribution in [-0.4, -0.2) is 30.6 Å². The van der Waals surface area contributed by atoms with Crippen molar-refractivity contribution in [2.24, 2.45) is 5.73 Å². The summed E-state index contributed by atoms with van der Waals surface area (Å²) in [7, 11) is 1.69. The number of methoxy groups -OCH3 is 1. The molecule has 102 valence electrons. The van der Waals surface area contributed by atoms with Crippen LogP contribution in [0.15, 0.2) is 24.3 Å². The summed E-state index contributed by atoms with van der Waals surface area (Å²) < 4.78 is 5.29. The highest BCUT2D eigenvalue weighted by Crippen LogP contribution is 2.29. The van der Waals surface area contributed by atoms with Crippen LogP contribution < -0.4 is 10.5 Å². The molecular formula is C15H26N2O. The second-order valence-corrected chi connectivity index (χ2v) is 5.48. The maximum atomic E-state index is 5.99. The first kappa shape index (κ1) is 15.0. The van der Waals surface area contributed by atoms with Crippen LogP contribution in [0.3, 0.4) is 0 Å². The minimum absolute atomic E-state index is 0.0991. The molecule has 0 aromatic heterocycles. The lowest BCUT2D eigenvalue weighted by Crippen LogP contribution is -2.46. The SMILES string of the molecule is CCN(C(CN)c1cccc(OC)c1)C(C)(C)C. The van der Waals surface area contributed by atoms with Crippen LogP contribution in [-0.2, 0) is 0 Å². The average Bonchev–Trinajstić information content (AvgIpc) is 2.34. The predicted molar refractivity (Wildman–Crippen MR) is 76.9 cm³/mol. The van der Waals surface area contributed by atoms with Gasteiger partial charge in [-0.15, -0.1) is 0 Å².